The molecule has 9 heteroatoms. The van der Waals surface area contributed by atoms with Gasteiger partial charge in [-0.05, 0) is 30.3 Å². The van der Waals surface area contributed by atoms with Gasteiger partial charge in [0.1, 0.15) is 47.2 Å². The van der Waals surface area contributed by atoms with Crippen molar-refractivity contribution < 1.29 is 44.8 Å². The molecule has 160 valence electrons. The fourth-order valence-corrected chi connectivity index (χ4v) is 3.50. The highest BCUT2D eigenvalue weighted by atomic mass is 16.7. The van der Waals surface area contributed by atoms with Crippen LogP contribution in [0.1, 0.15) is 17.2 Å². The lowest BCUT2D eigenvalue weighted by Gasteiger charge is -2.39. The molecule has 4 rings (SSSR count). The standard InChI is InChI=1S/C21H22O9/c22-9-17-18(25)19(26)20(27)21(30-17)29-16-8-12(24)7-15-13(16)5-6-14(28-15)10-1-3-11(23)4-2-10/h1-8,14,17-27H,9H2/p+1/t14?,17-,18-,19+,20-,21-/m1/s1. The number of rotatable bonds is 4. The van der Waals surface area contributed by atoms with Gasteiger partial charge in [-0.2, -0.15) is 0 Å². The summed E-state index contributed by atoms with van der Waals surface area (Å²) < 4.78 is 15.7. The molecule has 2 aliphatic rings. The molecular formula is C21H23O9+. The van der Waals surface area contributed by atoms with Crippen molar-refractivity contribution in [2.24, 2.45) is 0 Å². The summed E-state index contributed by atoms with van der Waals surface area (Å²) in [4.78, 5) is 0. The molecule has 2 heterocycles. The van der Waals surface area contributed by atoms with E-state index in [4.69, 9.17) is 9.47 Å². The average Bonchev–Trinajstić information content (AvgIpc) is 2.74. The van der Waals surface area contributed by atoms with E-state index in [0.717, 1.165) is 5.56 Å². The summed E-state index contributed by atoms with van der Waals surface area (Å²) in [6, 6.07) is 9.39. The van der Waals surface area contributed by atoms with Gasteiger partial charge in [-0.15, -0.1) is 0 Å². The van der Waals surface area contributed by atoms with Crippen LogP contribution in [-0.2, 0) is 4.74 Å². The van der Waals surface area contributed by atoms with Gasteiger partial charge in [0.2, 0.25) is 12.4 Å². The van der Waals surface area contributed by atoms with Crippen LogP contribution in [0, 0.1) is 0 Å². The number of aromatic hydroxyl groups is 3. The third-order valence-electron chi connectivity index (χ3n) is 5.15. The minimum Gasteiger partial charge on any atom is -0.574 e. The quantitative estimate of drug-likeness (QED) is 0.387. The first-order chi connectivity index (χ1) is 14.4. The second-order valence-corrected chi connectivity index (χ2v) is 7.22. The number of phenols is 2. The lowest BCUT2D eigenvalue weighted by molar-refractivity contribution is -0.277. The molecule has 0 aromatic heterocycles. The first-order valence-corrected chi connectivity index (χ1v) is 9.39. The highest BCUT2D eigenvalue weighted by Gasteiger charge is 2.45. The van der Waals surface area contributed by atoms with Gasteiger partial charge < -0.3 is 44.8 Å². The molecule has 1 unspecified atom stereocenters. The van der Waals surface area contributed by atoms with E-state index >= 15 is 0 Å². The minimum absolute atomic E-state index is 0.128. The number of fused-ring (bicyclic) bond motifs is 1. The van der Waals surface area contributed by atoms with Crippen LogP contribution in [-0.4, -0.2) is 72.7 Å². The van der Waals surface area contributed by atoms with Crippen LogP contribution < -0.4 is 4.74 Å². The number of aliphatic hydroxyl groups excluding tert-OH is 4. The summed E-state index contributed by atoms with van der Waals surface area (Å²) >= 11 is 0. The topological polar surface area (TPSA) is 153 Å². The van der Waals surface area contributed by atoms with E-state index < -0.39 is 37.3 Å². The van der Waals surface area contributed by atoms with Crippen LogP contribution in [0.4, 0.5) is 0 Å². The van der Waals surface area contributed by atoms with E-state index in [2.05, 4.69) is 4.74 Å². The lowest BCUT2D eigenvalue weighted by Crippen LogP contribution is -2.60. The molecule has 0 radical (unpaired) electrons. The number of hydrogen-bond donors (Lipinski definition) is 6. The maximum Gasteiger partial charge on any atom is 0.270 e. The Kier molecular flexibility index (Phi) is 5.54. The van der Waals surface area contributed by atoms with Gasteiger partial charge in [-0.1, -0.05) is 0 Å². The van der Waals surface area contributed by atoms with Crippen molar-refractivity contribution in [1.29, 1.82) is 0 Å². The largest absolute Gasteiger partial charge is 0.574 e. The number of phenolic OH excluding ortho intramolecular Hbond substituents is 2. The Hall–Kier alpha value is -2.82. The molecule has 1 saturated heterocycles. The minimum atomic E-state index is -1.58. The molecule has 2 aliphatic heterocycles. The number of hydrogen-bond acceptors (Lipinski definition) is 8. The molecule has 9 nitrogen and oxygen atoms in total. The zero-order chi connectivity index (χ0) is 21.4. The Morgan fingerprint density at radius 1 is 0.933 bits per heavy atom. The molecule has 0 bridgehead atoms. The number of ether oxygens (including phenoxy) is 3. The fourth-order valence-electron chi connectivity index (χ4n) is 3.50. The molecular weight excluding hydrogens is 396 g/mol. The van der Waals surface area contributed by atoms with Crippen molar-refractivity contribution in [2.45, 2.75) is 36.8 Å². The summed E-state index contributed by atoms with van der Waals surface area (Å²) in [6.45, 7) is -0.577. The van der Waals surface area contributed by atoms with Gasteiger partial charge in [-0.25, -0.2) is 0 Å². The monoisotopic (exact) mass is 419 g/mol. The normalized spacial score (nSPS) is 30.4. The third-order valence-corrected chi connectivity index (χ3v) is 5.15. The van der Waals surface area contributed by atoms with E-state index in [-0.39, 0.29) is 23.4 Å². The summed E-state index contributed by atoms with van der Waals surface area (Å²) in [5, 5.41) is 59.0. The second-order valence-electron chi connectivity index (χ2n) is 7.22. The van der Waals surface area contributed by atoms with Crippen LogP contribution in [0.15, 0.2) is 42.5 Å². The fraction of sp³-hybridized carbons (Fsp3) is 0.333. The van der Waals surface area contributed by atoms with Gasteiger partial charge in [0.05, 0.1) is 12.7 Å². The number of aliphatic hydroxyl groups is 5. The maximum absolute atomic E-state index is 10.2. The zero-order valence-corrected chi connectivity index (χ0v) is 15.7. The Labute approximate surface area is 171 Å². The summed E-state index contributed by atoms with van der Waals surface area (Å²) in [5.41, 5.74) is 1.37. The van der Waals surface area contributed by atoms with Crippen molar-refractivity contribution in [3.8, 4) is 23.0 Å². The van der Waals surface area contributed by atoms with Crippen molar-refractivity contribution >= 4 is 6.08 Å². The predicted molar refractivity (Wildman–Crippen MR) is 104 cm³/mol. The first kappa shape index (κ1) is 20.5. The molecule has 7 N–H and O–H groups in total. The second kappa shape index (κ2) is 8.13. The van der Waals surface area contributed by atoms with Crippen molar-refractivity contribution in [1.82, 2.24) is 0 Å². The smallest absolute Gasteiger partial charge is 0.270 e. The summed E-state index contributed by atoms with van der Waals surface area (Å²) in [7, 11) is 0. The summed E-state index contributed by atoms with van der Waals surface area (Å²) in [5.74, 6) is 0.609. The van der Waals surface area contributed by atoms with Crippen LogP contribution in [0.3, 0.4) is 0 Å². The highest BCUT2D eigenvalue weighted by molar-refractivity contribution is 5.68. The highest BCUT2D eigenvalue weighted by Crippen LogP contribution is 2.42. The van der Waals surface area contributed by atoms with Gasteiger partial charge >= 0.3 is 0 Å². The summed E-state index contributed by atoms with van der Waals surface area (Å²) in [6.07, 6.45) is -3.91. The average molecular weight is 419 g/mol. The molecule has 0 spiro atoms. The van der Waals surface area contributed by atoms with E-state index in [0.29, 0.717) is 11.3 Å². The van der Waals surface area contributed by atoms with Gasteiger partial charge in [-0.3, -0.25) is 0 Å². The van der Waals surface area contributed by atoms with Crippen LogP contribution >= 0.6 is 0 Å². The van der Waals surface area contributed by atoms with E-state index in [1.54, 1.807) is 30.3 Å². The molecule has 0 aliphatic carbocycles. The molecule has 2 aromatic carbocycles. The third kappa shape index (κ3) is 3.81. The van der Waals surface area contributed by atoms with Crippen LogP contribution in [0.2, 0.25) is 0 Å². The maximum atomic E-state index is 10.2. The van der Waals surface area contributed by atoms with E-state index in [1.807, 2.05) is 6.08 Å². The van der Waals surface area contributed by atoms with Crippen molar-refractivity contribution in [3.63, 3.8) is 0 Å². The van der Waals surface area contributed by atoms with Crippen molar-refractivity contribution in [3.05, 3.63) is 53.6 Å². The lowest BCUT2D eigenvalue weighted by atomic mass is 9.99. The van der Waals surface area contributed by atoms with E-state index in [1.165, 1.54) is 12.1 Å². The molecule has 1 fully saturated rings. The van der Waals surface area contributed by atoms with Gasteiger partial charge in [0.15, 0.2) is 0 Å². The van der Waals surface area contributed by atoms with Gasteiger partial charge in [0.25, 0.3) is 5.75 Å². The van der Waals surface area contributed by atoms with E-state index in [9.17, 15) is 30.6 Å². The molecule has 0 saturated carbocycles. The SMILES string of the molecule is OC[C@H]1O[C@@H](Oc2cc(O)cc3c2C=CC(c2ccc(O)cc2)[OH+]3)[C@H](O)[C@@H](O)[C@@H]1O. The Balaban J connectivity index is 1.59. The molecule has 30 heavy (non-hydrogen) atoms. The van der Waals surface area contributed by atoms with Gasteiger partial charge in [0, 0.05) is 17.7 Å². The zero-order valence-electron chi connectivity index (χ0n) is 15.7. The number of benzene rings is 2. The Morgan fingerprint density at radius 2 is 1.67 bits per heavy atom. The van der Waals surface area contributed by atoms with Crippen LogP contribution in [0.25, 0.3) is 6.08 Å². The van der Waals surface area contributed by atoms with Crippen LogP contribution in [0.5, 0.6) is 23.0 Å². The molecule has 6 atom stereocenters. The Bertz CT molecular complexity index is 925. The molecule has 0 amide bonds. The molecule has 2 aromatic rings. The predicted octanol–water partition coefficient (Wildman–Crippen LogP) is 0.286. The Morgan fingerprint density at radius 3 is 2.37 bits per heavy atom. The van der Waals surface area contributed by atoms with Crippen molar-refractivity contribution in [2.75, 3.05) is 6.61 Å². The first-order valence-electron chi connectivity index (χ1n) is 9.39.